The fourth-order valence-electron chi connectivity index (χ4n) is 2.47. The van der Waals surface area contributed by atoms with E-state index in [-0.39, 0.29) is 22.7 Å². The first kappa shape index (κ1) is 18.5. The molecule has 9 heteroatoms. The lowest BCUT2D eigenvalue weighted by Crippen LogP contribution is -2.40. The molecule has 0 bridgehead atoms. The van der Waals surface area contributed by atoms with Crippen molar-refractivity contribution in [2.75, 3.05) is 20.1 Å². The Morgan fingerprint density at radius 2 is 2.12 bits per heavy atom. The molecular weight excluding hydrogens is 324 g/mol. The second-order valence-electron chi connectivity index (χ2n) is 6.74. The normalized spacial score (nSPS) is 11.4. The molecule has 1 amide bonds. The SMILES string of the molecule is Cc1c(C(=O)N(C)CC(C)(C)CN)nnn1-c1cccc([N+](=O)[O-])c1. The number of carbonyl (C=O) groups excluding carboxylic acids is 1. The van der Waals surface area contributed by atoms with Gasteiger partial charge in [0.1, 0.15) is 0 Å². The first-order valence-electron chi connectivity index (χ1n) is 7.79. The molecule has 134 valence electrons. The second-order valence-corrected chi connectivity index (χ2v) is 6.74. The summed E-state index contributed by atoms with van der Waals surface area (Å²) in [4.78, 5) is 24.6. The van der Waals surface area contributed by atoms with Crippen molar-refractivity contribution in [1.82, 2.24) is 19.9 Å². The summed E-state index contributed by atoms with van der Waals surface area (Å²) in [6.45, 7) is 6.58. The van der Waals surface area contributed by atoms with Crippen LogP contribution in [0.5, 0.6) is 0 Å². The molecule has 2 N–H and O–H groups in total. The zero-order valence-corrected chi connectivity index (χ0v) is 14.8. The van der Waals surface area contributed by atoms with Gasteiger partial charge in [0.2, 0.25) is 0 Å². The van der Waals surface area contributed by atoms with E-state index in [0.29, 0.717) is 24.5 Å². The number of hydrogen-bond acceptors (Lipinski definition) is 6. The van der Waals surface area contributed by atoms with Crippen LogP contribution in [-0.2, 0) is 0 Å². The summed E-state index contributed by atoms with van der Waals surface area (Å²) < 4.78 is 1.42. The van der Waals surface area contributed by atoms with Crippen LogP contribution >= 0.6 is 0 Å². The van der Waals surface area contributed by atoms with Crippen molar-refractivity contribution < 1.29 is 9.72 Å². The minimum atomic E-state index is -0.482. The molecule has 1 heterocycles. The van der Waals surface area contributed by atoms with Crippen molar-refractivity contribution >= 4 is 11.6 Å². The van der Waals surface area contributed by atoms with Gasteiger partial charge in [0.05, 0.1) is 16.3 Å². The number of nitrogens with zero attached hydrogens (tertiary/aromatic N) is 5. The smallest absolute Gasteiger partial charge is 0.276 e. The summed E-state index contributed by atoms with van der Waals surface area (Å²) in [5.41, 5.74) is 6.65. The van der Waals surface area contributed by atoms with Crippen molar-refractivity contribution in [3.63, 3.8) is 0 Å². The topological polar surface area (TPSA) is 120 Å². The van der Waals surface area contributed by atoms with E-state index in [9.17, 15) is 14.9 Å². The molecule has 25 heavy (non-hydrogen) atoms. The molecule has 0 aliphatic rings. The molecule has 0 fully saturated rings. The number of non-ortho nitro benzene ring substituents is 1. The highest BCUT2D eigenvalue weighted by Gasteiger charge is 2.26. The number of hydrogen-bond donors (Lipinski definition) is 1. The van der Waals surface area contributed by atoms with Crippen LogP contribution < -0.4 is 5.73 Å². The van der Waals surface area contributed by atoms with Gasteiger partial charge in [-0.05, 0) is 24.9 Å². The maximum atomic E-state index is 12.6. The number of amides is 1. The van der Waals surface area contributed by atoms with Crippen LogP contribution in [0.15, 0.2) is 24.3 Å². The van der Waals surface area contributed by atoms with E-state index in [1.807, 2.05) is 13.8 Å². The van der Waals surface area contributed by atoms with Crippen LogP contribution in [0, 0.1) is 22.5 Å². The van der Waals surface area contributed by atoms with Gasteiger partial charge in [0, 0.05) is 25.7 Å². The number of benzene rings is 1. The second kappa shape index (κ2) is 6.98. The lowest BCUT2D eigenvalue weighted by atomic mass is 9.93. The highest BCUT2D eigenvalue weighted by molar-refractivity contribution is 5.93. The van der Waals surface area contributed by atoms with Gasteiger partial charge in [-0.3, -0.25) is 14.9 Å². The summed E-state index contributed by atoms with van der Waals surface area (Å²) >= 11 is 0. The third-order valence-corrected chi connectivity index (χ3v) is 3.95. The summed E-state index contributed by atoms with van der Waals surface area (Å²) in [7, 11) is 1.69. The molecule has 1 aromatic heterocycles. The van der Waals surface area contributed by atoms with Crippen LogP contribution in [-0.4, -0.2) is 50.9 Å². The molecule has 1 aromatic carbocycles. The Morgan fingerprint density at radius 3 is 2.72 bits per heavy atom. The summed E-state index contributed by atoms with van der Waals surface area (Å²) in [5.74, 6) is -0.268. The Labute approximate surface area is 145 Å². The molecule has 0 radical (unpaired) electrons. The molecule has 0 spiro atoms. The molecule has 9 nitrogen and oxygen atoms in total. The fourth-order valence-corrected chi connectivity index (χ4v) is 2.47. The average molecular weight is 346 g/mol. The number of nitrogens with two attached hydrogens (primary N) is 1. The lowest BCUT2D eigenvalue weighted by molar-refractivity contribution is -0.384. The quantitative estimate of drug-likeness (QED) is 0.626. The predicted octanol–water partition coefficient (Wildman–Crippen LogP) is 1.54. The van der Waals surface area contributed by atoms with Gasteiger partial charge in [0.15, 0.2) is 5.69 Å². The summed E-state index contributed by atoms with van der Waals surface area (Å²) in [6, 6.07) is 6.01. The molecule has 0 saturated heterocycles. The van der Waals surface area contributed by atoms with E-state index < -0.39 is 4.92 Å². The molecule has 0 atom stereocenters. The summed E-state index contributed by atoms with van der Waals surface area (Å²) in [6.07, 6.45) is 0. The van der Waals surface area contributed by atoms with Crippen LogP contribution in [0.1, 0.15) is 30.0 Å². The van der Waals surface area contributed by atoms with Gasteiger partial charge in [0.25, 0.3) is 11.6 Å². The fraction of sp³-hybridized carbons (Fsp3) is 0.438. The third-order valence-electron chi connectivity index (χ3n) is 3.95. The average Bonchev–Trinajstić information content (AvgIpc) is 2.95. The number of nitro groups is 1. The zero-order valence-electron chi connectivity index (χ0n) is 14.8. The van der Waals surface area contributed by atoms with E-state index in [2.05, 4.69) is 10.3 Å². The predicted molar refractivity (Wildman–Crippen MR) is 92.5 cm³/mol. The standard InChI is InChI=1S/C16H22N6O3/c1-11-14(15(23)20(4)10-16(2,3)9-17)18-19-21(11)12-6-5-7-13(8-12)22(24)25/h5-8H,9-10,17H2,1-4H3. The molecule has 0 unspecified atom stereocenters. The Morgan fingerprint density at radius 1 is 1.44 bits per heavy atom. The van der Waals surface area contributed by atoms with E-state index in [1.165, 1.54) is 16.8 Å². The van der Waals surface area contributed by atoms with Gasteiger partial charge in [-0.1, -0.05) is 25.1 Å². The third kappa shape index (κ3) is 4.00. The number of nitro benzene ring substituents is 1. The molecule has 2 rings (SSSR count). The van der Waals surface area contributed by atoms with Crippen LogP contribution in [0.4, 0.5) is 5.69 Å². The van der Waals surface area contributed by atoms with Crippen LogP contribution in [0.25, 0.3) is 5.69 Å². The van der Waals surface area contributed by atoms with Gasteiger partial charge >= 0.3 is 0 Å². The molecule has 0 aliphatic heterocycles. The van der Waals surface area contributed by atoms with E-state index in [1.54, 1.807) is 31.0 Å². The van der Waals surface area contributed by atoms with Crippen molar-refractivity contribution in [2.45, 2.75) is 20.8 Å². The highest BCUT2D eigenvalue weighted by Crippen LogP contribution is 2.20. The Balaban J connectivity index is 2.30. The van der Waals surface area contributed by atoms with E-state index >= 15 is 0 Å². The zero-order chi connectivity index (χ0) is 18.8. The van der Waals surface area contributed by atoms with Gasteiger partial charge in [-0.15, -0.1) is 5.10 Å². The van der Waals surface area contributed by atoms with E-state index in [4.69, 9.17) is 5.73 Å². The van der Waals surface area contributed by atoms with E-state index in [0.717, 1.165) is 0 Å². The van der Waals surface area contributed by atoms with Gasteiger partial charge < -0.3 is 10.6 Å². The Kier molecular flexibility index (Phi) is 5.17. The van der Waals surface area contributed by atoms with Crippen LogP contribution in [0.3, 0.4) is 0 Å². The Bertz CT molecular complexity index is 799. The number of rotatable bonds is 6. The molecule has 2 aromatic rings. The lowest BCUT2D eigenvalue weighted by Gasteiger charge is -2.28. The number of aromatic nitrogens is 3. The van der Waals surface area contributed by atoms with Crippen molar-refractivity contribution in [1.29, 1.82) is 0 Å². The maximum Gasteiger partial charge on any atom is 0.276 e. The van der Waals surface area contributed by atoms with Crippen molar-refractivity contribution in [2.24, 2.45) is 11.1 Å². The first-order valence-corrected chi connectivity index (χ1v) is 7.79. The van der Waals surface area contributed by atoms with Crippen molar-refractivity contribution in [3.05, 3.63) is 45.8 Å². The monoisotopic (exact) mass is 346 g/mol. The van der Waals surface area contributed by atoms with Gasteiger partial charge in [-0.2, -0.15) is 0 Å². The molecular formula is C16H22N6O3. The minimum Gasteiger partial charge on any atom is -0.340 e. The molecule has 0 saturated carbocycles. The largest absolute Gasteiger partial charge is 0.340 e. The Hall–Kier alpha value is -2.81. The first-order chi connectivity index (χ1) is 11.7. The van der Waals surface area contributed by atoms with Gasteiger partial charge in [-0.25, -0.2) is 4.68 Å². The van der Waals surface area contributed by atoms with Crippen molar-refractivity contribution in [3.8, 4) is 5.69 Å². The van der Waals surface area contributed by atoms with Crippen LogP contribution in [0.2, 0.25) is 0 Å². The molecule has 0 aliphatic carbocycles. The highest BCUT2D eigenvalue weighted by atomic mass is 16.6. The minimum absolute atomic E-state index is 0.0536. The number of carbonyl (C=O) groups is 1. The summed E-state index contributed by atoms with van der Waals surface area (Å²) in [5, 5.41) is 18.9. The maximum absolute atomic E-state index is 12.6.